The van der Waals surface area contributed by atoms with Gasteiger partial charge in [-0.1, -0.05) is 30.3 Å². The summed E-state index contributed by atoms with van der Waals surface area (Å²) in [4.78, 5) is 4.34. The number of halogens is 1. The summed E-state index contributed by atoms with van der Waals surface area (Å²) in [7, 11) is -0.254. The highest BCUT2D eigenvalue weighted by Crippen LogP contribution is 2.27. The average molecular weight is 562 g/mol. The van der Waals surface area contributed by atoms with Gasteiger partial charge in [-0.2, -0.15) is 0 Å². The molecule has 0 fully saturated rings. The van der Waals surface area contributed by atoms with Crippen molar-refractivity contribution in [1.82, 2.24) is 10.0 Å². The molecule has 0 aliphatic heterocycles. The van der Waals surface area contributed by atoms with Crippen LogP contribution in [0.25, 0.3) is 0 Å². The maximum Gasteiger partial charge on any atom is 0.216 e. The lowest BCUT2D eigenvalue weighted by molar-refractivity contribution is 0.354. The van der Waals surface area contributed by atoms with Gasteiger partial charge < -0.3 is 20.5 Å². The molecule has 0 aliphatic carbocycles. The lowest BCUT2D eigenvalue weighted by Crippen LogP contribution is -2.33. The molecule has 0 aromatic heterocycles. The molecular formula is C21H31IN4O4S. The molecule has 2 aromatic carbocycles. The van der Waals surface area contributed by atoms with E-state index in [1.807, 2.05) is 36.4 Å². The van der Waals surface area contributed by atoms with E-state index in [2.05, 4.69) is 15.0 Å². The summed E-state index contributed by atoms with van der Waals surface area (Å²) in [6.45, 7) is 4.32. The number of rotatable bonds is 10. The van der Waals surface area contributed by atoms with Gasteiger partial charge in [-0.3, -0.25) is 0 Å². The van der Waals surface area contributed by atoms with Crippen LogP contribution >= 0.6 is 24.0 Å². The molecule has 0 radical (unpaired) electrons. The van der Waals surface area contributed by atoms with E-state index in [1.54, 1.807) is 34.1 Å². The van der Waals surface area contributed by atoms with Gasteiger partial charge in [0.25, 0.3) is 0 Å². The molecule has 0 aliphatic rings. The Labute approximate surface area is 201 Å². The zero-order valence-corrected chi connectivity index (χ0v) is 21.4. The molecule has 0 spiro atoms. The predicted molar refractivity (Wildman–Crippen MR) is 134 cm³/mol. The van der Waals surface area contributed by atoms with E-state index in [4.69, 9.17) is 15.2 Å². The fourth-order valence-electron chi connectivity index (χ4n) is 2.87. The summed E-state index contributed by atoms with van der Waals surface area (Å²) >= 11 is 0. The van der Waals surface area contributed by atoms with Gasteiger partial charge in [0.15, 0.2) is 17.5 Å². The highest BCUT2D eigenvalue weighted by atomic mass is 127. The summed E-state index contributed by atoms with van der Waals surface area (Å²) in [5, 5.41) is 3.04. The monoisotopic (exact) mass is 562 g/mol. The first-order valence-electron chi connectivity index (χ1n) is 9.55. The zero-order valence-electron chi connectivity index (χ0n) is 18.2. The number of nitrogens with one attached hydrogen (secondary N) is 2. The van der Waals surface area contributed by atoms with Gasteiger partial charge in [-0.25, -0.2) is 18.1 Å². The van der Waals surface area contributed by atoms with Gasteiger partial charge in [0.1, 0.15) is 0 Å². The van der Waals surface area contributed by atoms with Crippen LogP contribution in [0.15, 0.2) is 47.5 Å². The topological polar surface area (TPSA) is 115 Å². The molecule has 8 nitrogen and oxygen atoms in total. The van der Waals surface area contributed by atoms with Crippen LogP contribution in [0.5, 0.6) is 11.5 Å². The molecule has 10 heteroatoms. The number of guanidine groups is 1. The Hall–Kier alpha value is -2.05. The van der Waals surface area contributed by atoms with E-state index < -0.39 is 10.0 Å². The highest BCUT2D eigenvalue weighted by Gasteiger charge is 2.15. The lowest BCUT2D eigenvalue weighted by atomic mass is 10.1. The standard InChI is InChI=1S/C21H30N4O4S.HI/c1-15(2)25-30(26,27)14-18-8-6-5-7-17(18)13-24-21(22)23-12-16-9-10-19(28-3)20(11-16)29-4;/h5-11,15,25H,12-14H2,1-4H3,(H3,22,23,24);1H. The van der Waals surface area contributed by atoms with Crippen molar-refractivity contribution in [3.05, 3.63) is 59.2 Å². The van der Waals surface area contributed by atoms with Gasteiger partial charge in [-0.05, 0) is 42.7 Å². The number of methoxy groups -OCH3 is 2. The van der Waals surface area contributed by atoms with Crippen LogP contribution in [0.1, 0.15) is 30.5 Å². The molecule has 4 N–H and O–H groups in total. The molecule has 0 heterocycles. The van der Waals surface area contributed by atoms with Crippen LogP contribution in [-0.4, -0.2) is 34.6 Å². The Bertz CT molecular complexity index is 981. The van der Waals surface area contributed by atoms with Crippen LogP contribution in [0, 0.1) is 0 Å². The summed E-state index contributed by atoms with van der Waals surface area (Å²) in [5.74, 6) is 1.45. The molecule has 31 heavy (non-hydrogen) atoms. The van der Waals surface area contributed by atoms with Gasteiger partial charge >= 0.3 is 0 Å². The maximum absolute atomic E-state index is 12.3. The minimum atomic E-state index is -3.41. The fraction of sp³-hybridized carbons (Fsp3) is 0.381. The molecule has 172 valence electrons. The van der Waals surface area contributed by atoms with E-state index in [-0.39, 0.29) is 41.7 Å². The van der Waals surface area contributed by atoms with Crippen LogP contribution in [-0.2, 0) is 28.9 Å². The van der Waals surface area contributed by atoms with E-state index in [1.165, 1.54) is 0 Å². The van der Waals surface area contributed by atoms with Crippen LogP contribution in [0.4, 0.5) is 0 Å². The number of aliphatic imine (C=N–C) groups is 1. The fourth-order valence-corrected chi connectivity index (χ4v) is 4.37. The third kappa shape index (κ3) is 8.91. The minimum Gasteiger partial charge on any atom is -0.493 e. The molecule has 2 rings (SSSR count). The Morgan fingerprint density at radius 3 is 2.32 bits per heavy atom. The Morgan fingerprint density at radius 1 is 1.06 bits per heavy atom. The SMILES string of the molecule is COc1ccc(CN=C(N)NCc2ccccc2CS(=O)(=O)NC(C)C)cc1OC.I. The van der Waals surface area contributed by atoms with E-state index >= 15 is 0 Å². The maximum atomic E-state index is 12.3. The first kappa shape index (κ1) is 27.0. The second-order valence-electron chi connectivity index (χ2n) is 7.04. The smallest absolute Gasteiger partial charge is 0.216 e. The van der Waals surface area contributed by atoms with Crippen molar-refractivity contribution in [2.45, 2.75) is 38.7 Å². The molecule has 0 atom stereocenters. The number of hydrogen-bond acceptors (Lipinski definition) is 5. The molecule has 0 saturated heterocycles. The van der Waals surface area contributed by atoms with Gasteiger partial charge in [-0.15, -0.1) is 24.0 Å². The Kier molecular flexibility index (Phi) is 11.1. The van der Waals surface area contributed by atoms with Crippen molar-refractivity contribution in [1.29, 1.82) is 0 Å². The van der Waals surface area contributed by atoms with Gasteiger partial charge in [0.2, 0.25) is 10.0 Å². The van der Waals surface area contributed by atoms with E-state index in [0.29, 0.717) is 30.2 Å². The van der Waals surface area contributed by atoms with Crippen LogP contribution < -0.4 is 25.2 Å². The number of nitrogens with zero attached hydrogens (tertiary/aromatic N) is 1. The third-order valence-corrected chi connectivity index (χ3v) is 5.74. The number of sulfonamides is 1. The largest absolute Gasteiger partial charge is 0.493 e. The van der Waals surface area contributed by atoms with Crippen molar-refractivity contribution in [2.24, 2.45) is 10.7 Å². The van der Waals surface area contributed by atoms with E-state index in [0.717, 1.165) is 11.1 Å². The van der Waals surface area contributed by atoms with Crippen molar-refractivity contribution < 1.29 is 17.9 Å². The predicted octanol–water partition coefficient (Wildman–Crippen LogP) is 2.75. The number of ether oxygens (including phenoxy) is 2. The van der Waals surface area contributed by atoms with E-state index in [9.17, 15) is 8.42 Å². The molecule has 0 unspecified atom stereocenters. The van der Waals surface area contributed by atoms with Gasteiger partial charge in [0.05, 0.1) is 26.5 Å². The van der Waals surface area contributed by atoms with Crippen LogP contribution in [0.2, 0.25) is 0 Å². The normalized spacial score (nSPS) is 11.7. The summed E-state index contributed by atoms with van der Waals surface area (Å²) in [6.07, 6.45) is 0. The average Bonchev–Trinajstić information content (AvgIpc) is 2.70. The van der Waals surface area contributed by atoms with Crippen molar-refractivity contribution in [3.63, 3.8) is 0 Å². The molecule has 2 aromatic rings. The minimum absolute atomic E-state index is 0. The van der Waals surface area contributed by atoms with Crippen molar-refractivity contribution >= 4 is 40.0 Å². The lowest BCUT2D eigenvalue weighted by Gasteiger charge is -2.13. The van der Waals surface area contributed by atoms with Gasteiger partial charge in [0, 0.05) is 12.6 Å². The van der Waals surface area contributed by atoms with Crippen LogP contribution in [0.3, 0.4) is 0 Å². The highest BCUT2D eigenvalue weighted by molar-refractivity contribution is 14.0. The third-order valence-electron chi connectivity index (χ3n) is 4.22. The zero-order chi connectivity index (χ0) is 22.1. The summed E-state index contributed by atoms with van der Waals surface area (Å²) in [6, 6.07) is 12.7. The number of benzene rings is 2. The second kappa shape index (κ2) is 12.7. The first-order chi connectivity index (χ1) is 14.2. The Morgan fingerprint density at radius 2 is 1.71 bits per heavy atom. The quantitative estimate of drug-likeness (QED) is 0.233. The number of nitrogens with two attached hydrogens (primary N) is 1. The van der Waals surface area contributed by atoms with Crippen molar-refractivity contribution in [3.8, 4) is 11.5 Å². The summed E-state index contributed by atoms with van der Waals surface area (Å²) < 4.78 is 37.6. The number of hydrogen-bond donors (Lipinski definition) is 3. The second-order valence-corrected chi connectivity index (χ2v) is 8.80. The molecule has 0 amide bonds. The summed E-state index contributed by atoms with van der Waals surface area (Å²) in [5.41, 5.74) is 8.47. The first-order valence-corrected chi connectivity index (χ1v) is 11.2. The Balaban J connectivity index is 0.00000480. The molecule has 0 saturated carbocycles. The molecule has 0 bridgehead atoms. The molecular weight excluding hydrogens is 531 g/mol. The van der Waals surface area contributed by atoms with Crippen molar-refractivity contribution in [2.75, 3.05) is 14.2 Å².